The van der Waals surface area contributed by atoms with Gasteiger partial charge < -0.3 is 9.80 Å². The molecular formula is C13H28N2. The normalized spacial score (nSPS) is 19.8. The van der Waals surface area contributed by atoms with E-state index in [0.717, 1.165) is 5.92 Å². The zero-order chi connectivity index (χ0) is 11.1. The molecule has 0 aliphatic heterocycles. The summed E-state index contributed by atoms with van der Waals surface area (Å²) in [7, 11) is 6.58. The lowest BCUT2D eigenvalue weighted by Crippen LogP contribution is -2.32. The maximum atomic E-state index is 2.51. The molecule has 1 aliphatic carbocycles. The zero-order valence-electron chi connectivity index (χ0n) is 10.8. The fourth-order valence-corrected chi connectivity index (χ4v) is 2.45. The SMILES string of the molecule is CN(C)CCN(C)CC1CCCCCC1. The summed E-state index contributed by atoms with van der Waals surface area (Å²) in [6, 6.07) is 0. The maximum Gasteiger partial charge on any atom is 0.0106 e. The number of likely N-dealkylation sites (N-methyl/N-ethyl adjacent to an activating group) is 2. The topological polar surface area (TPSA) is 6.48 Å². The van der Waals surface area contributed by atoms with E-state index in [-0.39, 0.29) is 0 Å². The molecule has 0 atom stereocenters. The highest BCUT2D eigenvalue weighted by Crippen LogP contribution is 2.23. The molecule has 2 nitrogen and oxygen atoms in total. The Morgan fingerprint density at radius 1 is 0.867 bits per heavy atom. The number of rotatable bonds is 5. The maximum absolute atomic E-state index is 2.51. The van der Waals surface area contributed by atoms with E-state index < -0.39 is 0 Å². The summed E-state index contributed by atoms with van der Waals surface area (Å²) in [5, 5.41) is 0. The van der Waals surface area contributed by atoms with Crippen LogP contribution in [0.2, 0.25) is 0 Å². The number of hydrogen-bond acceptors (Lipinski definition) is 2. The Morgan fingerprint density at radius 3 is 2.00 bits per heavy atom. The van der Waals surface area contributed by atoms with Crippen LogP contribution in [-0.2, 0) is 0 Å². The first-order chi connectivity index (χ1) is 7.18. The molecule has 1 fully saturated rings. The molecule has 1 rings (SSSR count). The van der Waals surface area contributed by atoms with Crippen molar-refractivity contribution in [3.05, 3.63) is 0 Å². The van der Waals surface area contributed by atoms with Crippen LogP contribution in [0.5, 0.6) is 0 Å². The van der Waals surface area contributed by atoms with Gasteiger partial charge in [0.2, 0.25) is 0 Å². The second kappa shape index (κ2) is 7.24. The molecule has 0 spiro atoms. The van der Waals surface area contributed by atoms with Crippen LogP contribution in [0.1, 0.15) is 38.5 Å². The van der Waals surface area contributed by atoms with Crippen LogP contribution in [0.25, 0.3) is 0 Å². The van der Waals surface area contributed by atoms with Crippen molar-refractivity contribution < 1.29 is 0 Å². The highest BCUT2D eigenvalue weighted by molar-refractivity contribution is 4.68. The van der Waals surface area contributed by atoms with Crippen molar-refractivity contribution in [2.75, 3.05) is 40.8 Å². The van der Waals surface area contributed by atoms with E-state index in [4.69, 9.17) is 0 Å². The summed E-state index contributed by atoms with van der Waals surface area (Å²) < 4.78 is 0. The molecule has 0 aromatic carbocycles. The van der Waals surface area contributed by atoms with Gasteiger partial charge in [0.1, 0.15) is 0 Å². The van der Waals surface area contributed by atoms with E-state index in [0.29, 0.717) is 0 Å². The third-order valence-corrected chi connectivity index (χ3v) is 3.47. The zero-order valence-corrected chi connectivity index (χ0v) is 10.8. The average Bonchev–Trinajstić information content (AvgIpc) is 2.43. The van der Waals surface area contributed by atoms with Crippen molar-refractivity contribution in [2.24, 2.45) is 5.92 Å². The van der Waals surface area contributed by atoms with Gasteiger partial charge in [-0.05, 0) is 39.9 Å². The largest absolute Gasteiger partial charge is 0.308 e. The van der Waals surface area contributed by atoms with Gasteiger partial charge in [-0.1, -0.05) is 25.7 Å². The van der Waals surface area contributed by atoms with Gasteiger partial charge in [-0.2, -0.15) is 0 Å². The Balaban J connectivity index is 2.14. The molecule has 0 N–H and O–H groups in total. The first-order valence-electron chi connectivity index (χ1n) is 6.52. The lowest BCUT2D eigenvalue weighted by atomic mass is 10.00. The van der Waals surface area contributed by atoms with E-state index in [1.807, 2.05) is 0 Å². The van der Waals surface area contributed by atoms with Crippen molar-refractivity contribution >= 4 is 0 Å². The van der Waals surface area contributed by atoms with E-state index in [2.05, 4.69) is 30.9 Å². The highest BCUT2D eigenvalue weighted by atomic mass is 15.1. The molecule has 0 bridgehead atoms. The van der Waals surface area contributed by atoms with Crippen LogP contribution in [0.3, 0.4) is 0 Å². The first-order valence-corrected chi connectivity index (χ1v) is 6.52. The predicted octanol–water partition coefficient (Wildman–Crippen LogP) is 2.45. The third-order valence-electron chi connectivity index (χ3n) is 3.47. The fraction of sp³-hybridized carbons (Fsp3) is 1.00. The van der Waals surface area contributed by atoms with E-state index in [1.54, 1.807) is 0 Å². The van der Waals surface area contributed by atoms with E-state index in [9.17, 15) is 0 Å². The minimum absolute atomic E-state index is 0.972. The molecule has 90 valence electrons. The Labute approximate surface area is 95.6 Å². The lowest BCUT2D eigenvalue weighted by Gasteiger charge is -2.24. The molecule has 0 saturated heterocycles. The molecule has 0 unspecified atom stereocenters. The smallest absolute Gasteiger partial charge is 0.0106 e. The van der Waals surface area contributed by atoms with Crippen LogP contribution in [0.4, 0.5) is 0 Å². The van der Waals surface area contributed by atoms with Gasteiger partial charge in [0.05, 0.1) is 0 Å². The molecule has 1 saturated carbocycles. The Kier molecular flexibility index (Phi) is 6.26. The second-order valence-electron chi connectivity index (χ2n) is 5.42. The van der Waals surface area contributed by atoms with Crippen molar-refractivity contribution in [2.45, 2.75) is 38.5 Å². The Morgan fingerprint density at radius 2 is 1.47 bits per heavy atom. The number of nitrogens with zero attached hydrogens (tertiary/aromatic N) is 2. The lowest BCUT2D eigenvalue weighted by molar-refractivity contribution is 0.235. The van der Waals surface area contributed by atoms with Crippen LogP contribution < -0.4 is 0 Å². The van der Waals surface area contributed by atoms with Crippen LogP contribution >= 0.6 is 0 Å². The van der Waals surface area contributed by atoms with Gasteiger partial charge >= 0.3 is 0 Å². The molecule has 0 aromatic rings. The molecule has 0 amide bonds. The highest BCUT2D eigenvalue weighted by Gasteiger charge is 2.13. The first kappa shape index (κ1) is 13.0. The van der Waals surface area contributed by atoms with Gasteiger partial charge in [-0.3, -0.25) is 0 Å². The Bertz CT molecular complexity index is 149. The molecule has 0 aromatic heterocycles. The summed E-state index contributed by atoms with van der Waals surface area (Å²) >= 11 is 0. The van der Waals surface area contributed by atoms with Crippen molar-refractivity contribution in [3.63, 3.8) is 0 Å². The fourth-order valence-electron chi connectivity index (χ4n) is 2.45. The molecule has 0 radical (unpaired) electrons. The minimum Gasteiger partial charge on any atom is -0.308 e. The molecule has 15 heavy (non-hydrogen) atoms. The van der Waals surface area contributed by atoms with Crippen LogP contribution in [0, 0.1) is 5.92 Å². The van der Waals surface area contributed by atoms with E-state index >= 15 is 0 Å². The summed E-state index contributed by atoms with van der Waals surface area (Å²) in [5.41, 5.74) is 0. The van der Waals surface area contributed by atoms with Gasteiger partial charge in [0.25, 0.3) is 0 Å². The Hall–Kier alpha value is -0.0800. The van der Waals surface area contributed by atoms with Crippen molar-refractivity contribution in [3.8, 4) is 0 Å². The summed E-state index contributed by atoms with van der Waals surface area (Å²) in [6.45, 7) is 3.71. The molecule has 1 aliphatic rings. The molecular weight excluding hydrogens is 184 g/mol. The summed E-state index contributed by atoms with van der Waals surface area (Å²) in [4.78, 5) is 4.78. The van der Waals surface area contributed by atoms with Crippen LogP contribution in [0.15, 0.2) is 0 Å². The van der Waals surface area contributed by atoms with Gasteiger partial charge in [0.15, 0.2) is 0 Å². The monoisotopic (exact) mass is 212 g/mol. The summed E-state index contributed by atoms with van der Waals surface area (Å²) in [5.74, 6) is 0.972. The number of hydrogen-bond donors (Lipinski definition) is 0. The predicted molar refractivity (Wildman–Crippen MR) is 67.2 cm³/mol. The van der Waals surface area contributed by atoms with Crippen LogP contribution in [-0.4, -0.2) is 50.6 Å². The second-order valence-corrected chi connectivity index (χ2v) is 5.42. The van der Waals surface area contributed by atoms with Crippen molar-refractivity contribution in [1.29, 1.82) is 0 Å². The average molecular weight is 212 g/mol. The van der Waals surface area contributed by atoms with Gasteiger partial charge in [0, 0.05) is 19.6 Å². The van der Waals surface area contributed by atoms with E-state index in [1.165, 1.54) is 58.2 Å². The van der Waals surface area contributed by atoms with Gasteiger partial charge in [-0.15, -0.1) is 0 Å². The molecule has 0 heterocycles. The van der Waals surface area contributed by atoms with Crippen molar-refractivity contribution in [1.82, 2.24) is 9.80 Å². The third kappa shape index (κ3) is 6.16. The molecule has 2 heteroatoms. The van der Waals surface area contributed by atoms with Gasteiger partial charge in [-0.25, -0.2) is 0 Å². The quantitative estimate of drug-likeness (QED) is 0.646. The summed E-state index contributed by atoms with van der Waals surface area (Å²) in [6.07, 6.45) is 8.80. The standard InChI is InChI=1S/C13H28N2/c1-14(2)10-11-15(3)12-13-8-6-4-5-7-9-13/h13H,4-12H2,1-3H3. The minimum atomic E-state index is 0.972.